The average molecular weight is 452 g/mol. The minimum absolute atomic E-state index is 0.121. The highest BCUT2D eigenvalue weighted by Gasteiger charge is 2.25. The normalized spacial score (nSPS) is 12.4. The maximum Gasteiger partial charge on any atom is 0.258 e. The molecule has 9 heteroatoms. The van der Waals surface area contributed by atoms with Gasteiger partial charge in [0.1, 0.15) is 25.6 Å². The number of aromatic nitrogens is 2. The Morgan fingerprint density at radius 3 is 2.48 bits per heavy atom. The number of halogens is 1. The third-order valence-corrected chi connectivity index (χ3v) is 5.41. The van der Waals surface area contributed by atoms with Gasteiger partial charge in [-0.25, -0.2) is 9.07 Å². The zero-order valence-electron chi connectivity index (χ0n) is 18.7. The minimum Gasteiger partial charge on any atom is -0.486 e. The first-order chi connectivity index (χ1) is 15.9. The molecule has 172 valence electrons. The van der Waals surface area contributed by atoms with E-state index in [1.54, 1.807) is 48.9 Å². The van der Waals surface area contributed by atoms with Crippen LogP contribution >= 0.6 is 0 Å². The lowest BCUT2D eigenvalue weighted by Gasteiger charge is -2.21. The van der Waals surface area contributed by atoms with E-state index < -0.39 is 0 Å². The molecule has 4 rings (SSSR count). The molecule has 0 fully saturated rings. The minimum atomic E-state index is -0.349. The zero-order valence-corrected chi connectivity index (χ0v) is 18.7. The summed E-state index contributed by atoms with van der Waals surface area (Å²) >= 11 is 0. The predicted octanol–water partition coefficient (Wildman–Crippen LogP) is 3.50. The molecule has 2 heterocycles. The number of hydrogen-bond acceptors (Lipinski definition) is 5. The molecule has 0 unspecified atom stereocenters. The number of ether oxygens (including phenoxy) is 2. The fraction of sp³-hybridized carbons (Fsp3) is 0.292. The second-order valence-electron chi connectivity index (χ2n) is 7.66. The van der Waals surface area contributed by atoms with Gasteiger partial charge in [-0.2, -0.15) is 5.10 Å². The molecule has 8 nitrogen and oxygen atoms in total. The molecule has 1 aliphatic rings. The summed E-state index contributed by atoms with van der Waals surface area (Å²) in [6.45, 7) is 6.49. The summed E-state index contributed by atoms with van der Waals surface area (Å²) in [6, 6.07) is 11.0. The number of carbonyl (C=O) groups excluding carboxylic acids is 2. The number of rotatable bonds is 6. The number of hydrogen-bond donors (Lipinski definition) is 1. The monoisotopic (exact) mass is 452 g/mol. The molecule has 3 aromatic rings. The number of carbonyl (C=O) groups is 2. The second-order valence-corrected chi connectivity index (χ2v) is 7.66. The van der Waals surface area contributed by atoms with E-state index in [1.165, 1.54) is 17.0 Å². The Morgan fingerprint density at radius 1 is 1.09 bits per heavy atom. The lowest BCUT2D eigenvalue weighted by atomic mass is 10.1. The molecule has 0 atom stereocenters. The molecule has 0 radical (unpaired) electrons. The smallest absolute Gasteiger partial charge is 0.258 e. The fourth-order valence-corrected chi connectivity index (χ4v) is 3.77. The molecule has 0 spiro atoms. The molecular weight excluding hydrogens is 427 g/mol. The van der Waals surface area contributed by atoms with Gasteiger partial charge in [0.25, 0.3) is 5.91 Å². The van der Waals surface area contributed by atoms with Gasteiger partial charge in [0.15, 0.2) is 11.5 Å². The van der Waals surface area contributed by atoms with Crippen molar-refractivity contribution in [1.82, 2.24) is 14.7 Å². The largest absolute Gasteiger partial charge is 0.486 e. The fourth-order valence-electron chi connectivity index (χ4n) is 3.77. The number of benzene rings is 2. The third-order valence-electron chi connectivity index (χ3n) is 5.41. The quantitative estimate of drug-likeness (QED) is 0.619. The Kier molecular flexibility index (Phi) is 6.30. The molecule has 1 N–H and O–H groups in total. The van der Waals surface area contributed by atoms with Crippen molar-refractivity contribution in [2.45, 2.75) is 20.8 Å². The summed E-state index contributed by atoms with van der Waals surface area (Å²) in [6.07, 6.45) is 0. The molecule has 0 saturated carbocycles. The van der Waals surface area contributed by atoms with Crippen molar-refractivity contribution < 1.29 is 23.5 Å². The van der Waals surface area contributed by atoms with Crippen molar-refractivity contribution in [3.63, 3.8) is 0 Å². The second kappa shape index (κ2) is 9.32. The molecule has 1 aromatic heterocycles. The zero-order chi connectivity index (χ0) is 23.5. The van der Waals surface area contributed by atoms with E-state index in [4.69, 9.17) is 9.47 Å². The molecule has 1 aliphatic heterocycles. The summed E-state index contributed by atoms with van der Waals surface area (Å²) in [5.74, 6) is 0.231. The molecule has 0 aliphatic carbocycles. The molecule has 0 saturated heterocycles. The van der Waals surface area contributed by atoms with E-state index in [-0.39, 0.29) is 24.2 Å². The van der Waals surface area contributed by atoms with Crippen LogP contribution in [0.2, 0.25) is 0 Å². The van der Waals surface area contributed by atoms with Gasteiger partial charge in [0.05, 0.1) is 22.6 Å². The van der Waals surface area contributed by atoms with Crippen molar-refractivity contribution in [3.05, 3.63) is 65.2 Å². The predicted molar refractivity (Wildman–Crippen MR) is 121 cm³/mol. The van der Waals surface area contributed by atoms with Gasteiger partial charge in [-0.05, 0) is 57.2 Å². The van der Waals surface area contributed by atoms with E-state index in [1.807, 2.05) is 6.92 Å². The Balaban J connectivity index is 1.49. The SMILES string of the molecule is CCN(CC(=O)Nc1ccc2c(c1)OCCO2)C(=O)c1c(C)nn(-c2ccc(F)cc2)c1C. The topological polar surface area (TPSA) is 85.7 Å². The summed E-state index contributed by atoms with van der Waals surface area (Å²) in [7, 11) is 0. The van der Waals surface area contributed by atoms with Gasteiger partial charge in [-0.1, -0.05) is 0 Å². The summed E-state index contributed by atoms with van der Waals surface area (Å²) in [4.78, 5) is 27.4. The summed E-state index contributed by atoms with van der Waals surface area (Å²) < 4.78 is 25.9. The van der Waals surface area contributed by atoms with Crippen molar-refractivity contribution in [1.29, 1.82) is 0 Å². The number of fused-ring (bicyclic) bond motifs is 1. The molecule has 2 aromatic carbocycles. The van der Waals surface area contributed by atoms with E-state index in [0.29, 0.717) is 59.6 Å². The molecule has 2 amide bonds. The number of likely N-dealkylation sites (N-methyl/N-ethyl adjacent to an activating group) is 1. The van der Waals surface area contributed by atoms with Crippen LogP contribution in [0.4, 0.5) is 10.1 Å². The number of aryl methyl sites for hydroxylation is 1. The van der Waals surface area contributed by atoms with Crippen molar-refractivity contribution >= 4 is 17.5 Å². The Bertz CT molecular complexity index is 1190. The van der Waals surface area contributed by atoms with Crippen LogP contribution in [0.25, 0.3) is 5.69 Å². The van der Waals surface area contributed by atoms with E-state index in [2.05, 4.69) is 10.4 Å². The molecule has 0 bridgehead atoms. The Hall–Kier alpha value is -3.88. The Labute approximate surface area is 190 Å². The standard InChI is InChI=1S/C24H25FN4O4/c1-4-28(14-22(30)26-18-7-10-20-21(13-18)33-12-11-32-20)24(31)23-15(2)27-29(16(23)3)19-8-5-17(25)6-9-19/h5-10,13H,4,11-12,14H2,1-3H3,(H,26,30). The van der Waals surface area contributed by atoms with E-state index >= 15 is 0 Å². The summed E-state index contributed by atoms with van der Waals surface area (Å²) in [5.41, 5.74) is 2.79. The first kappa shape index (κ1) is 22.3. The van der Waals surface area contributed by atoms with Crippen LogP contribution in [0.5, 0.6) is 11.5 Å². The lowest BCUT2D eigenvalue weighted by Crippen LogP contribution is -2.38. The van der Waals surface area contributed by atoms with Gasteiger partial charge < -0.3 is 19.7 Å². The van der Waals surface area contributed by atoms with E-state index in [9.17, 15) is 14.0 Å². The van der Waals surface area contributed by atoms with Gasteiger partial charge >= 0.3 is 0 Å². The molecule has 33 heavy (non-hydrogen) atoms. The first-order valence-corrected chi connectivity index (χ1v) is 10.7. The van der Waals surface area contributed by atoms with Crippen molar-refractivity contribution in [2.24, 2.45) is 0 Å². The highest BCUT2D eigenvalue weighted by molar-refractivity contribution is 6.00. The Morgan fingerprint density at radius 2 is 1.79 bits per heavy atom. The maximum absolute atomic E-state index is 13.3. The van der Waals surface area contributed by atoms with Crippen LogP contribution in [0.1, 0.15) is 28.7 Å². The van der Waals surface area contributed by atoms with Crippen LogP contribution < -0.4 is 14.8 Å². The van der Waals surface area contributed by atoms with Crippen molar-refractivity contribution in [2.75, 3.05) is 31.6 Å². The molecular formula is C24H25FN4O4. The number of amides is 2. The number of nitrogens with zero attached hydrogens (tertiary/aromatic N) is 3. The van der Waals surface area contributed by atoms with Crippen LogP contribution in [0.15, 0.2) is 42.5 Å². The third kappa shape index (κ3) is 4.67. The average Bonchev–Trinajstić information content (AvgIpc) is 3.11. The van der Waals surface area contributed by atoms with Crippen LogP contribution in [-0.2, 0) is 4.79 Å². The highest BCUT2D eigenvalue weighted by atomic mass is 19.1. The van der Waals surface area contributed by atoms with Gasteiger partial charge in [0, 0.05) is 18.3 Å². The maximum atomic E-state index is 13.3. The van der Waals surface area contributed by atoms with Gasteiger partial charge in [0.2, 0.25) is 5.91 Å². The van der Waals surface area contributed by atoms with E-state index in [0.717, 1.165) is 0 Å². The van der Waals surface area contributed by atoms with Crippen LogP contribution in [-0.4, -0.2) is 52.8 Å². The van der Waals surface area contributed by atoms with Crippen LogP contribution in [0, 0.1) is 19.7 Å². The van der Waals surface area contributed by atoms with Crippen LogP contribution in [0.3, 0.4) is 0 Å². The highest BCUT2D eigenvalue weighted by Crippen LogP contribution is 2.32. The first-order valence-electron chi connectivity index (χ1n) is 10.7. The van der Waals surface area contributed by atoms with Crippen molar-refractivity contribution in [3.8, 4) is 17.2 Å². The lowest BCUT2D eigenvalue weighted by molar-refractivity contribution is -0.116. The number of nitrogens with one attached hydrogen (secondary N) is 1. The van der Waals surface area contributed by atoms with Gasteiger partial charge in [-0.3, -0.25) is 9.59 Å². The number of anilines is 1. The van der Waals surface area contributed by atoms with Gasteiger partial charge in [-0.15, -0.1) is 0 Å². The summed E-state index contributed by atoms with van der Waals surface area (Å²) in [5, 5.41) is 7.26.